The van der Waals surface area contributed by atoms with Crippen molar-refractivity contribution in [3.8, 4) is 0 Å². The summed E-state index contributed by atoms with van der Waals surface area (Å²) >= 11 is 1.77. The van der Waals surface area contributed by atoms with Crippen molar-refractivity contribution in [2.75, 3.05) is 13.1 Å². The second kappa shape index (κ2) is 7.79. The highest BCUT2D eigenvalue weighted by Crippen LogP contribution is 2.27. The van der Waals surface area contributed by atoms with Gasteiger partial charge in [-0.3, -0.25) is 9.59 Å². The standard InChI is InChI=1S/C19H24N2O2S/c20-18(22)12-14-8-10-21(11-9-14)19(23)7-3-4-15-13-24-17-6-2-1-5-16(15)17/h1-2,5-6,13-14H,3-4,7-12H2,(H2,20,22). The summed E-state index contributed by atoms with van der Waals surface area (Å²) in [5, 5.41) is 3.53. The van der Waals surface area contributed by atoms with Crippen molar-refractivity contribution < 1.29 is 9.59 Å². The first-order valence-electron chi connectivity index (χ1n) is 8.64. The van der Waals surface area contributed by atoms with Crippen LogP contribution < -0.4 is 5.73 Å². The van der Waals surface area contributed by atoms with Crippen molar-refractivity contribution in [1.82, 2.24) is 4.90 Å². The van der Waals surface area contributed by atoms with Gasteiger partial charge in [-0.1, -0.05) is 18.2 Å². The van der Waals surface area contributed by atoms with Crippen LogP contribution in [0.4, 0.5) is 0 Å². The summed E-state index contributed by atoms with van der Waals surface area (Å²) in [6, 6.07) is 8.44. The minimum absolute atomic E-state index is 0.234. The summed E-state index contributed by atoms with van der Waals surface area (Å²) in [7, 11) is 0. The van der Waals surface area contributed by atoms with Crippen LogP contribution >= 0.6 is 11.3 Å². The number of primary amides is 1. The highest BCUT2D eigenvalue weighted by Gasteiger charge is 2.23. The van der Waals surface area contributed by atoms with Gasteiger partial charge in [-0.15, -0.1) is 11.3 Å². The monoisotopic (exact) mass is 344 g/mol. The van der Waals surface area contributed by atoms with Crippen molar-refractivity contribution in [3.63, 3.8) is 0 Å². The van der Waals surface area contributed by atoms with Gasteiger partial charge in [-0.2, -0.15) is 0 Å². The molecule has 5 heteroatoms. The number of hydrogen-bond donors (Lipinski definition) is 1. The van der Waals surface area contributed by atoms with E-state index in [2.05, 4.69) is 29.6 Å². The second-order valence-corrected chi connectivity index (χ2v) is 7.52. The first-order chi connectivity index (χ1) is 11.6. The van der Waals surface area contributed by atoms with Crippen molar-refractivity contribution in [3.05, 3.63) is 35.2 Å². The van der Waals surface area contributed by atoms with Gasteiger partial charge in [-0.25, -0.2) is 0 Å². The van der Waals surface area contributed by atoms with E-state index in [9.17, 15) is 9.59 Å². The number of amides is 2. The molecule has 1 aromatic heterocycles. The average Bonchev–Trinajstić information content (AvgIpc) is 2.98. The molecule has 4 nitrogen and oxygen atoms in total. The summed E-state index contributed by atoms with van der Waals surface area (Å²) in [6.45, 7) is 1.52. The van der Waals surface area contributed by atoms with E-state index in [1.165, 1.54) is 15.6 Å². The first-order valence-corrected chi connectivity index (χ1v) is 9.52. The van der Waals surface area contributed by atoms with Gasteiger partial charge in [0.15, 0.2) is 0 Å². The molecule has 2 heterocycles. The van der Waals surface area contributed by atoms with Crippen molar-refractivity contribution in [2.24, 2.45) is 11.7 Å². The number of carbonyl (C=O) groups excluding carboxylic acids is 2. The van der Waals surface area contributed by atoms with E-state index in [4.69, 9.17) is 5.73 Å². The molecular weight excluding hydrogens is 320 g/mol. The second-order valence-electron chi connectivity index (χ2n) is 6.61. The lowest BCUT2D eigenvalue weighted by Crippen LogP contribution is -2.39. The Labute approximate surface area is 146 Å². The summed E-state index contributed by atoms with van der Waals surface area (Å²) in [5.41, 5.74) is 6.60. The lowest BCUT2D eigenvalue weighted by atomic mass is 9.93. The van der Waals surface area contributed by atoms with Gasteiger partial charge in [0.2, 0.25) is 11.8 Å². The zero-order valence-electron chi connectivity index (χ0n) is 13.9. The molecule has 128 valence electrons. The largest absolute Gasteiger partial charge is 0.370 e. The van der Waals surface area contributed by atoms with Crippen LogP contribution in [0.3, 0.4) is 0 Å². The fourth-order valence-electron chi connectivity index (χ4n) is 3.49. The number of rotatable bonds is 6. The van der Waals surface area contributed by atoms with Crippen LogP contribution in [0, 0.1) is 5.92 Å². The highest BCUT2D eigenvalue weighted by molar-refractivity contribution is 7.17. The lowest BCUT2D eigenvalue weighted by molar-refractivity contribution is -0.132. The SMILES string of the molecule is NC(=O)CC1CCN(C(=O)CCCc2csc3ccccc23)CC1. The van der Waals surface area contributed by atoms with Crippen LogP contribution in [0.5, 0.6) is 0 Å². The van der Waals surface area contributed by atoms with E-state index in [0.29, 0.717) is 18.8 Å². The number of carbonyl (C=O) groups is 2. The molecule has 3 rings (SSSR count). The molecule has 0 bridgehead atoms. The van der Waals surface area contributed by atoms with Gasteiger partial charge in [0.25, 0.3) is 0 Å². The van der Waals surface area contributed by atoms with Crippen molar-refractivity contribution >= 4 is 33.2 Å². The number of fused-ring (bicyclic) bond motifs is 1. The van der Waals surface area contributed by atoms with E-state index in [0.717, 1.165) is 38.8 Å². The number of likely N-dealkylation sites (tertiary alicyclic amines) is 1. The van der Waals surface area contributed by atoms with Crippen LogP contribution in [-0.4, -0.2) is 29.8 Å². The minimum atomic E-state index is -0.234. The molecule has 0 aliphatic carbocycles. The number of nitrogens with zero attached hydrogens (tertiary/aromatic N) is 1. The third kappa shape index (κ3) is 4.15. The predicted molar refractivity (Wildman–Crippen MR) is 97.9 cm³/mol. The van der Waals surface area contributed by atoms with E-state index in [1.807, 2.05) is 4.90 Å². The summed E-state index contributed by atoms with van der Waals surface area (Å²) in [4.78, 5) is 25.3. The molecule has 1 saturated heterocycles. The number of aryl methyl sites for hydroxylation is 1. The Balaban J connectivity index is 1.44. The average molecular weight is 344 g/mol. The zero-order chi connectivity index (χ0) is 16.9. The Morgan fingerprint density at radius 3 is 2.71 bits per heavy atom. The molecule has 1 aliphatic rings. The summed E-state index contributed by atoms with van der Waals surface area (Å²) in [6.07, 6.45) is 4.68. The lowest BCUT2D eigenvalue weighted by Gasteiger charge is -2.31. The van der Waals surface area contributed by atoms with E-state index in [-0.39, 0.29) is 11.8 Å². The number of benzene rings is 1. The summed E-state index contributed by atoms with van der Waals surface area (Å²) < 4.78 is 1.32. The zero-order valence-corrected chi connectivity index (χ0v) is 14.7. The maximum Gasteiger partial charge on any atom is 0.222 e. The Bertz CT molecular complexity index is 717. The van der Waals surface area contributed by atoms with Crippen LogP contribution in [0.1, 0.15) is 37.7 Å². The number of nitrogens with two attached hydrogens (primary N) is 1. The molecule has 0 radical (unpaired) electrons. The third-order valence-corrected chi connectivity index (χ3v) is 5.87. The maximum absolute atomic E-state index is 12.4. The van der Waals surface area contributed by atoms with E-state index >= 15 is 0 Å². The molecule has 24 heavy (non-hydrogen) atoms. The molecule has 2 N–H and O–H groups in total. The predicted octanol–water partition coefficient (Wildman–Crippen LogP) is 3.34. The Morgan fingerprint density at radius 2 is 1.96 bits per heavy atom. The topological polar surface area (TPSA) is 63.4 Å². The Kier molecular flexibility index (Phi) is 5.51. The quantitative estimate of drug-likeness (QED) is 0.873. The van der Waals surface area contributed by atoms with Gasteiger partial charge in [0.1, 0.15) is 0 Å². The molecule has 2 aromatic rings. The molecule has 0 atom stereocenters. The molecule has 1 aliphatic heterocycles. The van der Waals surface area contributed by atoms with Crippen LogP contribution in [0.2, 0.25) is 0 Å². The van der Waals surface area contributed by atoms with Gasteiger partial charge in [0, 0.05) is 30.6 Å². The number of hydrogen-bond acceptors (Lipinski definition) is 3. The summed E-state index contributed by atoms with van der Waals surface area (Å²) in [5.74, 6) is 0.360. The molecular formula is C19H24N2O2S. The van der Waals surface area contributed by atoms with Gasteiger partial charge in [0.05, 0.1) is 0 Å². The maximum atomic E-state index is 12.4. The van der Waals surface area contributed by atoms with Crippen molar-refractivity contribution in [1.29, 1.82) is 0 Å². The molecule has 1 fully saturated rings. The van der Waals surface area contributed by atoms with E-state index < -0.39 is 0 Å². The third-order valence-electron chi connectivity index (χ3n) is 4.86. The van der Waals surface area contributed by atoms with Crippen LogP contribution in [-0.2, 0) is 16.0 Å². The first kappa shape index (κ1) is 17.0. The molecule has 0 unspecified atom stereocenters. The fraction of sp³-hybridized carbons (Fsp3) is 0.474. The van der Waals surface area contributed by atoms with E-state index in [1.54, 1.807) is 11.3 Å². The Morgan fingerprint density at radius 1 is 1.21 bits per heavy atom. The smallest absolute Gasteiger partial charge is 0.222 e. The normalized spacial score (nSPS) is 15.8. The highest BCUT2D eigenvalue weighted by atomic mass is 32.1. The number of piperidine rings is 1. The van der Waals surface area contributed by atoms with Crippen LogP contribution in [0.25, 0.3) is 10.1 Å². The van der Waals surface area contributed by atoms with Gasteiger partial charge in [-0.05, 0) is 54.0 Å². The van der Waals surface area contributed by atoms with Crippen molar-refractivity contribution in [2.45, 2.75) is 38.5 Å². The fourth-order valence-corrected chi connectivity index (χ4v) is 4.48. The molecule has 2 amide bonds. The van der Waals surface area contributed by atoms with Gasteiger partial charge < -0.3 is 10.6 Å². The van der Waals surface area contributed by atoms with Gasteiger partial charge >= 0.3 is 0 Å². The molecule has 0 saturated carbocycles. The minimum Gasteiger partial charge on any atom is -0.370 e. The number of thiophene rings is 1. The van der Waals surface area contributed by atoms with Crippen LogP contribution in [0.15, 0.2) is 29.6 Å². The molecule has 0 spiro atoms. The molecule has 1 aromatic carbocycles. The Hall–Kier alpha value is -1.88.